The molecule has 2 heterocycles. The molecule has 2 aromatic heterocycles. The van der Waals surface area contributed by atoms with Crippen molar-refractivity contribution in [1.82, 2.24) is 8.96 Å². The lowest BCUT2D eigenvalue weighted by Gasteiger charge is -2.07. The Morgan fingerprint density at radius 2 is 2.00 bits per heavy atom. The molecule has 0 N–H and O–H groups in total. The van der Waals surface area contributed by atoms with Gasteiger partial charge >= 0.3 is 0 Å². The van der Waals surface area contributed by atoms with Gasteiger partial charge in [-0.15, -0.1) is 0 Å². The lowest BCUT2D eigenvalue weighted by atomic mass is 10.3. The molecule has 0 aliphatic rings. The zero-order valence-corrected chi connectivity index (χ0v) is 13.0. The second-order valence-corrected chi connectivity index (χ2v) is 6.20. The third-order valence-corrected chi connectivity index (χ3v) is 4.87. The van der Waals surface area contributed by atoms with Crippen molar-refractivity contribution in [2.24, 2.45) is 0 Å². The molecule has 0 bridgehead atoms. The molecule has 0 saturated carbocycles. The highest BCUT2D eigenvalue weighted by Gasteiger charge is 2.15. The van der Waals surface area contributed by atoms with Gasteiger partial charge in [-0.2, -0.15) is 0 Å². The molecule has 1 aromatic carbocycles. The number of hydrogen-bond acceptors (Lipinski definition) is 3. The molecule has 1 atom stereocenters. The first-order chi connectivity index (χ1) is 9.72. The number of halogens is 1. The van der Waals surface area contributed by atoms with Gasteiger partial charge in [-0.05, 0) is 34.1 Å². The van der Waals surface area contributed by atoms with Crippen LogP contribution in [0.25, 0.3) is 10.9 Å². The standard InChI is InChI=1S/C14H11BrN2O2S/c1-19-12-9-16-14(15)13-11(12)7-8-17(13)20(18)10-5-3-2-4-6-10/h2-9H,1H3. The van der Waals surface area contributed by atoms with Crippen molar-refractivity contribution >= 4 is 37.8 Å². The first-order valence-corrected chi connectivity index (χ1v) is 7.79. The lowest BCUT2D eigenvalue weighted by Crippen LogP contribution is -2.04. The zero-order chi connectivity index (χ0) is 14.1. The average molecular weight is 351 g/mol. The van der Waals surface area contributed by atoms with Gasteiger partial charge < -0.3 is 4.74 Å². The Bertz CT molecular complexity index is 786. The number of fused-ring (bicyclic) bond motifs is 1. The van der Waals surface area contributed by atoms with Crippen molar-refractivity contribution in [3.8, 4) is 5.75 Å². The molecule has 4 nitrogen and oxygen atoms in total. The monoisotopic (exact) mass is 350 g/mol. The molecule has 6 heteroatoms. The van der Waals surface area contributed by atoms with E-state index < -0.39 is 11.0 Å². The second-order valence-electron chi connectivity index (χ2n) is 4.08. The molecule has 102 valence electrons. The molecular weight excluding hydrogens is 340 g/mol. The van der Waals surface area contributed by atoms with Gasteiger partial charge in [0.05, 0.1) is 23.7 Å². The summed E-state index contributed by atoms with van der Waals surface area (Å²) >= 11 is 3.41. The molecule has 0 radical (unpaired) electrons. The number of hydrogen-bond donors (Lipinski definition) is 0. The normalized spacial score (nSPS) is 12.5. The Hall–Kier alpha value is -1.66. The first-order valence-electron chi connectivity index (χ1n) is 5.89. The van der Waals surface area contributed by atoms with Crippen LogP contribution in [0.5, 0.6) is 5.75 Å². The minimum absolute atomic E-state index is 0.641. The van der Waals surface area contributed by atoms with E-state index in [1.54, 1.807) is 23.5 Å². The van der Waals surface area contributed by atoms with E-state index >= 15 is 0 Å². The smallest absolute Gasteiger partial charge is 0.157 e. The third kappa shape index (κ3) is 2.14. The van der Waals surface area contributed by atoms with Crippen LogP contribution in [-0.2, 0) is 11.0 Å². The summed E-state index contributed by atoms with van der Waals surface area (Å²) in [5, 5.41) is 0.874. The van der Waals surface area contributed by atoms with Gasteiger partial charge in [-0.25, -0.2) is 9.19 Å². The van der Waals surface area contributed by atoms with E-state index in [0.717, 1.165) is 15.8 Å². The van der Waals surface area contributed by atoms with Crippen molar-refractivity contribution in [3.63, 3.8) is 0 Å². The van der Waals surface area contributed by atoms with Gasteiger partial charge in [0.25, 0.3) is 0 Å². The Morgan fingerprint density at radius 3 is 2.70 bits per heavy atom. The average Bonchev–Trinajstić information content (AvgIpc) is 2.94. The molecule has 20 heavy (non-hydrogen) atoms. The number of nitrogens with zero attached hydrogens (tertiary/aromatic N) is 2. The SMILES string of the molecule is COc1cnc(Br)c2c1ccn2S(=O)c1ccccc1. The molecular formula is C14H11BrN2O2S. The van der Waals surface area contributed by atoms with Crippen LogP contribution in [0, 0.1) is 0 Å². The minimum Gasteiger partial charge on any atom is -0.494 e. The van der Waals surface area contributed by atoms with Crippen molar-refractivity contribution in [2.45, 2.75) is 4.90 Å². The third-order valence-electron chi connectivity index (χ3n) is 2.95. The maximum absolute atomic E-state index is 12.7. The maximum Gasteiger partial charge on any atom is 0.157 e. The number of aromatic nitrogens is 2. The van der Waals surface area contributed by atoms with Gasteiger partial charge in [0.15, 0.2) is 11.0 Å². The summed E-state index contributed by atoms with van der Waals surface area (Å²) in [6.07, 6.45) is 3.42. The molecule has 0 aliphatic heterocycles. The highest BCUT2D eigenvalue weighted by atomic mass is 79.9. The van der Waals surface area contributed by atoms with Gasteiger partial charge in [0, 0.05) is 11.6 Å². The number of ether oxygens (including phenoxy) is 1. The molecule has 0 fully saturated rings. The largest absolute Gasteiger partial charge is 0.494 e. The fourth-order valence-electron chi connectivity index (χ4n) is 2.01. The predicted octanol–water partition coefficient (Wildman–Crippen LogP) is 3.38. The van der Waals surface area contributed by atoms with Crippen LogP contribution in [0.4, 0.5) is 0 Å². The van der Waals surface area contributed by atoms with Crippen molar-refractivity contribution < 1.29 is 8.95 Å². The Labute approximate surface area is 127 Å². The van der Waals surface area contributed by atoms with E-state index in [1.165, 1.54) is 0 Å². The Morgan fingerprint density at radius 1 is 1.25 bits per heavy atom. The highest BCUT2D eigenvalue weighted by Crippen LogP contribution is 2.31. The molecule has 3 aromatic rings. The topological polar surface area (TPSA) is 44.1 Å². The lowest BCUT2D eigenvalue weighted by molar-refractivity contribution is 0.418. The van der Waals surface area contributed by atoms with Crippen LogP contribution >= 0.6 is 15.9 Å². The molecule has 0 saturated heterocycles. The summed E-state index contributed by atoms with van der Waals surface area (Å²) < 4.78 is 20.3. The van der Waals surface area contributed by atoms with E-state index in [9.17, 15) is 4.21 Å². The Kier molecular flexibility index (Phi) is 3.58. The summed E-state index contributed by atoms with van der Waals surface area (Å²) in [6.45, 7) is 0. The fourth-order valence-corrected chi connectivity index (χ4v) is 3.78. The summed E-state index contributed by atoms with van der Waals surface area (Å²) in [5.41, 5.74) is 0.756. The number of pyridine rings is 1. The minimum atomic E-state index is -1.32. The zero-order valence-electron chi connectivity index (χ0n) is 10.6. The van der Waals surface area contributed by atoms with Crippen LogP contribution in [-0.4, -0.2) is 20.3 Å². The van der Waals surface area contributed by atoms with E-state index in [4.69, 9.17) is 4.74 Å². The number of methoxy groups -OCH3 is 1. The quantitative estimate of drug-likeness (QED) is 0.680. The number of benzene rings is 1. The van der Waals surface area contributed by atoms with E-state index in [0.29, 0.717) is 10.4 Å². The van der Waals surface area contributed by atoms with Gasteiger partial charge in [-0.3, -0.25) is 3.97 Å². The van der Waals surface area contributed by atoms with Crippen LogP contribution in [0.1, 0.15) is 0 Å². The van der Waals surface area contributed by atoms with Crippen LogP contribution in [0.2, 0.25) is 0 Å². The highest BCUT2D eigenvalue weighted by molar-refractivity contribution is 9.10. The van der Waals surface area contributed by atoms with Crippen LogP contribution in [0.15, 0.2) is 58.3 Å². The molecule has 0 amide bonds. The first kappa shape index (κ1) is 13.3. The van der Waals surface area contributed by atoms with Crippen LogP contribution < -0.4 is 4.74 Å². The van der Waals surface area contributed by atoms with Gasteiger partial charge in [-0.1, -0.05) is 18.2 Å². The molecule has 0 aliphatic carbocycles. The van der Waals surface area contributed by atoms with Crippen molar-refractivity contribution in [3.05, 3.63) is 53.4 Å². The molecule has 3 rings (SSSR count). The van der Waals surface area contributed by atoms with Crippen molar-refractivity contribution in [1.29, 1.82) is 0 Å². The summed E-state index contributed by atoms with van der Waals surface area (Å²) in [5.74, 6) is 0.659. The van der Waals surface area contributed by atoms with Gasteiger partial charge in [0.2, 0.25) is 0 Å². The van der Waals surface area contributed by atoms with E-state index in [-0.39, 0.29) is 0 Å². The Balaban J connectivity index is 2.21. The van der Waals surface area contributed by atoms with E-state index in [2.05, 4.69) is 20.9 Å². The second kappa shape index (κ2) is 5.38. The number of rotatable bonds is 3. The fraction of sp³-hybridized carbons (Fsp3) is 0.0714. The predicted molar refractivity (Wildman–Crippen MR) is 82.2 cm³/mol. The molecule has 0 spiro atoms. The van der Waals surface area contributed by atoms with Gasteiger partial charge in [0.1, 0.15) is 10.4 Å². The van der Waals surface area contributed by atoms with Crippen LogP contribution in [0.3, 0.4) is 0 Å². The maximum atomic E-state index is 12.7. The summed E-state index contributed by atoms with van der Waals surface area (Å²) in [7, 11) is 0.273. The summed E-state index contributed by atoms with van der Waals surface area (Å²) in [6, 6.07) is 11.2. The van der Waals surface area contributed by atoms with Crippen molar-refractivity contribution in [2.75, 3.05) is 7.11 Å². The summed E-state index contributed by atoms with van der Waals surface area (Å²) in [4.78, 5) is 4.96. The van der Waals surface area contributed by atoms with E-state index in [1.807, 2.05) is 36.4 Å². The molecule has 1 unspecified atom stereocenters.